The van der Waals surface area contributed by atoms with E-state index in [0.29, 0.717) is 24.3 Å². The van der Waals surface area contributed by atoms with Crippen molar-refractivity contribution in [3.05, 3.63) is 35.4 Å². The van der Waals surface area contributed by atoms with Crippen LogP contribution in [-0.2, 0) is 17.5 Å². The molecule has 18 heavy (non-hydrogen) atoms. The molecular weight excluding hydrogens is 243 g/mol. The van der Waals surface area contributed by atoms with E-state index in [1.54, 1.807) is 13.2 Å². The van der Waals surface area contributed by atoms with E-state index in [0.717, 1.165) is 18.9 Å². The average molecular weight is 259 g/mol. The third-order valence-electron chi connectivity index (χ3n) is 3.28. The van der Waals surface area contributed by atoms with Crippen molar-refractivity contribution in [2.24, 2.45) is 0 Å². The van der Waals surface area contributed by atoms with Crippen molar-refractivity contribution < 1.29 is 17.9 Å². The zero-order chi connectivity index (χ0) is 13.2. The van der Waals surface area contributed by atoms with E-state index in [2.05, 4.69) is 5.32 Å². The molecule has 1 aromatic carbocycles. The predicted molar refractivity (Wildman–Crippen MR) is 62.1 cm³/mol. The Morgan fingerprint density at radius 1 is 1.33 bits per heavy atom. The second kappa shape index (κ2) is 5.28. The topological polar surface area (TPSA) is 21.3 Å². The smallest absolute Gasteiger partial charge is 0.381 e. The van der Waals surface area contributed by atoms with Crippen molar-refractivity contribution in [1.82, 2.24) is 5.32 Å². The zero-order valence-corrected chi connectivity index (χ0v) is 10.1. The summed E-state index contributed by atoms with van der Waals surface area (Å²) < 4.78 is 42.7. The zero-order valence-electron chi connectivity index (χ0n) is 10.1. The van der Waals surface area contributed by atoms with Crippen LogP contribution in [0.5, 0.6) is 0 Å². The second-order valence-electron chi connectivity index (χ2n) is 4.61. The molecule has 2 rings (SSSR count). The molecule has 5 heteroatoms. The lowest BCUT2D eigenvalue weighted by molar-refractivity contribution is -0.137. The molecule has 1 N–H and O–H groups in total. The number of ether oxygens (including phenoxy) is 1. The number of hydrogen-bond donors (Lipinski definition) is 1. The summed E-state index contributed by atoms with van der Waals surface area (Å²) in [6, 6.07) is 5.78. The van der Waals surface area contributed by atoms with Crippen LogP contribution in [0.1, 0.15) is 24.0 Å². The minimum atomic E-state index is -4.27. The van der Waals surface area contributed by atoms with Gasteiger partial charge in [0, 0.05) is 19.7 Å². The molecule has 0 amide bonds. The Morgan fingerprint density at radius 3 is 2.67 bits per heavy atom. The first-order chi connectivity index (χ1) is 8.49. The lowest BCUT2D eigenvalue weighted by Crippen LogP contribution is -2.44. The average Bonchev–Trinajstić information content (AvgIpc) is 2.26. The van der Waals surface area contributed by atoms with E-state index >= 15 is 0 Å². The van der Waals surface area contributed by atoms with Crippen LogP contribution in [0.25, 0.3) is 0 Å². The SMILES string of the molecule is COC1CC(NCc2cccc(C(F)(F)F)c2)C1. The summed E-state index contributed by atoms with van der Waals surface area (Å²) in [5.41, 5.74) is 0.0656. The van der Waals surface area contributed by atoms with Crippen molar-refractivity contribution in [2.45, 2.75) is 37.7 Å². The van der Waals surface area contributed by atoms with E-state index in [1.807, 2.05) is 0 Å². The highest BCUT2D eigenvalue weighted by Crippen LogP contribution is 2.29. The molecule has 0 unspecified atom stereocenters. The van der Waals surface area contributed by atoms with Crippen LogP contribution in [0.4, 0.5) is 13.2 Å². The van der Waals surface area contributed by atoms with Crippen molar-refractivity contribution in [2.75, 3.05) is 7.11 Å². The minimum Gasteiger partial charge on any atom is -0.381 e. The first-order valence-corrected chi connectivity index (χ1v) is 5.91. The van der Waals surface area contributed by atoms with E-state index in [4.69, 9.17) is 4.74 Å². The number of hydrogen-bond acceptors (Lipinski definition) is 2. The lowest BCUT2D eigenvalue weighted by atomic mass is 9.89. The highest BCUT2D eigenvalue weighted by molar-refractivity contribution is 5.25. The Kier molecular flexibility index (Phi) is 3.92. The summed E-state index contributed by atoms with van der Waals surface area (Å²) in [5, 5.41) is 3.23. The van der Waals surface area contributed by atoms with Crippen LogP contribution in [-0.4, -0.2) is 19.3 Å². The Bertz CT molecular complexity index is 399. The Morgan fingerprint density at radius 2 is 2.06 bits per heavy atom. The van der Waals surface area contributed by atoms with Crippen LogP contribution in [0.3, 0.4) is 0 Å². The highest BCUT2D eigenvalue weighted by atomic mass is 19.4. The van der Waals surface area contributed by atoms with E-state index < -0.39 is 11.7 Å². The van der Waals surface area contributed by atoms with Crippen molar-refractivity contribution >= 4 is 0 Å². The first-order valence-electron chi connectivity index (χ1n) is 5.91. The Labute approximate surface area is 104 Å². The van der Waals surface area contributed by atoms with Crippen LogP contribution >= 0.6 is 0 Å². The molecule has 1 aromatic rings. The third-order valence-corrected chi connectivity index (χ3v) is 3.28. The van der Waals surface area contributed by atoms with E-state index in [-0.39, 0.29) is 0 Å². The number of nitrogens with one attached hydrogen (secondary N) is 1. The molecular formula is C13H16F3NO. The van der Waals surface area contributed by atoms with Crippen LogP contribution in [0.15, 0.2) is 24.3 Å². The summed E-state index contributed by atoms with van der Waals surface area (Å²) in [7, 11) is 1.67. The maximum Gasteiger partial charge on any atom is 0.416 e. The maximum atomic E-state index is 12.5. The van der Waals surface area contributed by atoms with Gasteiger partial charge in [-0.3, -0.25) is 0 Å². The van der Waals surface area contributed by atoms with Crippen LogP contribution in [0, 0.1) is 0 Å². The molecule has 0 saturated heterocycles. The summed E-state index contributed by atoms with van der Waals surface area (Å²) >= 11 is 0. The van der Waals surface area contributed by atoms with Gasteiger partial charge in [0.2, 0.25) is 0 Å². The minimum absolute atomic E-state index is 0.295. The van der Waals surface area contributed by atoms with Gasteiger partial charge in [-0.1, -0.05) is 18.2 Å². The monoisotopic (exact) mass is 259 g/mol. The lowest BCUT2D eigenvalue weighted by Gasteiger charge is -2.34. The molecule has 1 saturated carbocycles. The van der Waals surface area contributed by atoms with Crippen LogP contribution < -0.4 is 5.32 Å². The predicted octanol–water partition coefficient (Wildman–Crippen LogP) is 2.97. The van der Waals surface area contributed by atoms with Gasteiger partial charge in [0.05, 0.1) is 11.7 Å². The second-order valence-corrected chi connectivity index (χ2v) is 4.61. The van der Waals surface area contributed by atoms with E-state index in [1.165, 1.54) is 12.1 Å². The number of benzene rings is 1. The molecule has 0 radical (unpaired) electrons. The number of alkyl halides is 3. The molecule has 0 spiro atoms. The van der Waals surface area contributed by atoms with Gasteiger partial charge in [0.1, 0.15) is 0 Å². The van der Waals surface area contributed by atoms with Gasteiger partial charge < -0.3 is 10.1 Å². The summed E-state index contributed by atoms with van der Waals surface area (Å²) in [6.07, 6.45) is -2.12. The first kappa shape index (κ1) is 13.4. The molecule has 1 aliphatic rings. The van der Waals surface area contributed by atoms with Gasteiger partial charge in [0.25, 0.3) is 0 Å². The summed E-state index contributed by atoms with van der Waals surface area (Å²) in [4.78, 5) is 0. The number of rotatable bonds is 4. The molecule has 2 nitrogen and oxygen atoms in total. The normalized spacial score (nSPS) is 23.8. The molecule has 1 fully saturated rings. The molecule has 0 aliphatic heterocycles. The number of halogens is 3. The van der Waals surface area contributed by atoms with Gasteiger partial charge in [-0.25, -0.2) is 0 Å². The van der Waals surface area contributed by atoms with Gasteiger partial charge >= 0.3 is 6.18 Å². The van der Waals surface area contributed by atoms with Crippen molar-refractivity contribution in [3.63, 3.8) is 0 Å². The fourth-order valence-electron chi connectivity index (χ4n) is 2.04. The van der Waals surface area contributed by atoms with Crippen molar-refractivity contribution in [1.29, 1.82) is 0 Å². The fourth-order valence-corrected chi connectivity index (χ4v) is 2.04. The van der Waals surface area contributed by atoms with Crippen LogP contribution in [0.2, 0.25) is 0 Å². The molecule has 100 valence electrons. The van der Waals surface area contributed by atoms with Gasteiger partial charge in [-0.2, -0.15) is 13.2 Å². The molecule has 0 aromatic heterocycles. The largest absolute Gasteiger partial charge is 0.416 e. The van der Waals surface area contributed by atoms with Gasteiger partial charge in [-0.05, 0) is 24.5 Å². The van der Waals surface area contributed by atoms with Gasteiger partial charge in [-0.15, -0.1) is 0 Å². The van der Waals surface area contributed by atoms with Gasteiger partial charge in [0.15, 0.2) is 0 Å². The molecule has 0 bridgehead atoms. The Balaban J connectivity index is 1.87. The third kappa shape index (κ3) is 3.23. The highest BCUT2D eigenvalue weighted by Gasteiger charge is 2.31. The summed E-state index contributed by atoms with van der Waals surface area (Å²) in [5.74, 6) is 0. The van der Waals surface area contributed by atoms with Crippen molar-refractivity contribution in [3.8, 4) is 0 Å². The molecule has 1 aliphatic carbocycles. The quantitative estimate of drug-likeness (QED) is 0.897. The Hall–Kier alpha value is -1.07. The fraction of sp³-hybridized carbons (Fsp3) is 0.538. The van der Waals surface area contributed by atoms with E-state index in [9.17, 15) is 13.2 Å². The maximum absolute atomic E-state index is 12.5. The molecule has 0 atom stereocenters. The standard InChI is InChI=1S/C13H16F3NO/c1-18-12-6-11(7-12)17-8-9-3-2-4-10(5-9)13(14,15)16/h2-5,11-12,17H,6-8H2,1H3. The number of methoxy groups -OCH3 is 1. The summed E-state index contributed by atoms with van der Waals surface area (Å²) in [6.45, 7) is 0.463. The molecule has 0 heterocycles.